The van der Waals surface area contributed by atoms with E-state index in [1.165, 1.54) is 0 Å². The predicted molar refractivity (Wildman–Crippen MR) is 111 cm³/mol. The van der Waals surface area contributed by atoms with Crippen LogP contribution in [0, 0.1) is 34.0 Å². The van der Waals surface area contributed by atoms with Gasteiger partial charge in [-0.3, -0.25) is 4.79 Å². The monoisotopic (exact) mass is 399 g/mol. The average molecular weight is 400 g/mol. The van der Waals surface area contributed by atoms with Crippen LogP contribution in [0.1, 0.15) is 29.9 Å². The van der Waals surface area contributed by atoms with E-state index in [0.29, 0.717) is 5.02 Å². The number of Topliss-reactive ketones (excluding diaryl/α,β-unsaturated/α-hetero) is 1. The van der Waals surface area contributed by atoms with Gasteiger partial charge >= 0.3 is 0 Å². The Labute approximate surface area is 174 Å². The summed E-state index contributed by atoms with van der Waals surface area (Å²) in [6, 6.07) is 18.7. The zero-order valence-corrected chi connectivity index (χ0v) is 16.4. The first-order chi connectivity index (χ1) is 14.1. The molecule has 2 aliphatic heterocycles. The van der Waals surface area contributed by atoms with Gasteiger partial charge in [-0.1, -0.05) is 54.1 Å². The molecule has 3 aliphatic rings. The molecule has 0 spiro atoms. The molecule has 2 aromatic rings. The molecule has 4 nitrogen and oxygen atoms in total. The van der Waals surface area contributed by atoms with E-state index in [-0.39, 0.29) is 11.7 Å². The van der Waals surface area contributed by atoms with Gasteiger partial charge in [-0.05, 0) is 42.2 Å². The Bertz CT molecular complexity index is 1090. The smallest absolute Gasteiger partial charge is 0.176 e. The zero-order chi connectivity index (χ0) is 20.2. The van der Waals surface area contributed by atoms with Crippen molar-refractivity contribution in [3.63, 3.8) is 0 Å². The number of nitriles is 2. The summed E-state index contributed by atoms with van der Waals surface area (Å²) in [4.78, 5) is 15.6. The highest BCUT2D eigenvalue weighted by Gasteiger charge is 2.64. The first-order valence-corrected chi connectivity index (χ1v) is 10.2. The number of hydrogen-bond donors (Lipinski definition) is 0. The van der Waals surface area contributed by atoms with Crippen LogP contribution in [0.15, 0.2) is 54.6 Å². The Morgan fingerprint density at radius 2 is 1.76 bits per heavy atom. The minimum atomic E-state index is -1.37. The molecule has 142 valence electrons. The van der Waals surface area contributed by atoms with Crippen molar-refractivity contribution in [2.45, 2.75) is 30.8 Å². The molecule has 0 amide bonds. The van der Waals surface area contributed by atoms with Crippen LogP contribution in [-0.2, 0) is 4.79 Å². The Balaban J connectivity index is 1.76. The molecule has 2 aromatic carbocycles. The topological polar surface area (TPSA) is 67.9 Å². The van der Waals surface area contributed by atoms with Gasteiger partial charge in [0.1, 0.15) is 0 Å². The van der Waals surface area contributed by atoms with Gasteiger partial charge in [-0.2, -0.15) is 10.5 Å². The lowest BCUT2D eigenvalue weighted by Gasteiger charge is -2.35. The van der Waals surface area contributed by atoms with Crippen LogP contribution < -0.4 is 4.90 Å². The minimum absolute atomic E-state index is 0.0155. The summed E-state index contributed by atoms with van der Waals surface area (Å²) in [7, 11) is 0. The molecule has 1 saturated carbocycles. The van der Waals surface area contributed by atoms with Crippen molar-refractivity contribution >= 4 is 29.1 Å². The Kier molecular flexibility index (Phi) is 4.02. The van der Waals surface area contributed by atoms with Crippen molar-refractivity contribution in [1.82, 2.24) is 0 Å². The third-order valence-electron chi connectivity index (χ3n) is 6.42. The maximum atomic E-state index is 13.5. The van der Waals surface area contributed by atoms with Gasteiger partial charge in [-0.15, -0.1) is 0 Å². The first kappa shape index (κ1) is 18.0. The lowest BCUT2D eigenvalue weighted by molar-refractivity contribution is -0.121. The second-order valence-corrected chi connectivity index (χ2v) is 8.45. The Morgan fingerprint density at radius 3 is 2.41 bits per heavy atom. The molecular weight excluding hydrogens is 382 g/mol. The summed E-state index contributed by atoms with van der Waals surface area (Å²) in [5.41, 5.74) is 1.34. The highest BCUT2D eigenvalue weighted by molar-refractivity contribution is 6.30. The van der Waals surface area contributed by atoms with Gasteiger partial charge in [-0.25, -0.2) is 0 Å². The predicted octanol–water partition coefficient (Wildman–Crippen LogP) is 4.72. The lowest BCUT2D eigenvalue weighted by atomic mass is 9.69. The van der Waals surface area contributed by atoms with E-state index in [2.05, 4.69) is 12.1 Å². The number of anilines is 1. The van der Waals surface area contributed by atoms with Gasteiger partial charge in [0.15, 0.2) is 11.2 Å². The molecule has 1 saturated heterocycles. The number of hydrogen-bond acceptors (Lipinski definition) is 4. The fourth-order valence-corrected chi connectivity index (χ4v) is 5.04. The van der Waals surface area contributed by atoms with E-state index < -0.39 is 23.4 Å². The molecule has 29 heavy (non-hydrogen) atoms. The molecule has 1 aliphatic carbocycles. The largest absolute Gasteiger partial charge is 0.351 e. The number of para-hydroxylation sites is 1. The zero-order valence-electron chi connectivity index (χ0n) is 15.6. The van der Waals surface area contributed by atoms with E-state index in [9.17, 15) is 15.3 Å². The molecule has 3 atom stereocenters. The van der Waals surface area contributed by atoms with E-state index in [1.807, 2.05) is 53.5 Å². The van der Waals surface area contributed by atoms with Gasteiger partial charge in [0.05, 0.1) is 24.2 Å². The molecular formula is C24H18ClN3O. The highest BCUT2D eigenvalue weighted by atomic mass is 35.5. The summed E-state index contributed by atoms with van der Waals surface area (Å²) >= 11 is 6.09. The van der Waals surface area contributed by atoms with E-state index in [4.69, 9.17) is 11.6 Å². The third-order valence-corrected chi connectivity index (χ3v) is 6.67. The normalized spacial score (nSPS) is 26.2. The number of carbonyl (C=O) groups excluding carboxylic acids is 1. The summed E-state index contributed by atoms with van der Waals surface area (Å²) in [6.45, 7) is 0. The van der Waals surface area contributed by atoms with Crippen LogP contribution in [0.2, 0.25) is 5.02 Å². The van der Waals surface area contributed by atoms with Crippen LogP contribution in [0.3, 0.4) is 0 Å². The van der Waals surface area contributed by atoms with Crippen LogP contribution in [0.4, 0.5) is 5.69 Å². The number of ketones is 1. The summed E-state index contributed by atoms with van der Waals surface area (Å²) in [5, 5.41) is 21.1. The van der Waals surface area contributed by atoms with E-state index in [1.54, 1.807) is 12.1 Å². The van der Waals surface area contributed by atoms with Crippen LogP contribution in [0.25, 0.3) is 6.08 Å². The second kappa shape index (κ2) is 6.48. The molecule has 5 rings (SSSR count). The summed E-state index contributed by atoms with van der Waals surface area (Å²) in [6.07, 6.45) is 5.64. The maximum absolute atomic E-state index is 13.5. The average Bonchev–Trinajstić information content (AvgIpc) is 3.56. The molecule has 0 N–H and O–H groups in total. The Morgan fingerprint density at radius 1 is 1.07 bits per heavy atom. The van der Waals surface area contributed by atoms with Crippen molar-refractivity contribution in [3.05, 3.63) is 70.8 Å². The fourth-order valence-electron chi connectivity index (χ4n) is 4.91. The van der Waals surface area contributed by atoms with Gasteiger partial charge < -0.3 is 4.90 Å². The molecule has 0 unspecified atom stereocenters. The number of nitrogens with zero attached hydrogens (tertiary/aromatic N) is 3. The fraction of sp³-hybridized carbons (Fsp3) is 0.292. The Hall–Kier alpha value is -3.08. The highest BCUT2D eigenvalue weighted by Crippen LogP contribution is 2.56. The van der Waals surface area contributed by atoms with Gasteiger partial charge in [0, 0.05) is 22.5 Å². The first-order valence-electron chi connectivity index (χ1n) is 9.78. The maximum Gasteiger partial charge on any atom is 0.176 e. The SMILES string of the molecule is N#CC1(C#N)[C@H](c2ccc(Cl)cc2)[C@@H](C(=O)C2CC2)N2c3ccccc3C=C[C@H]21. The summed E-state index contributed by atoms with van der Waals surface area (Å²) in [5.74, 6) is -0.405. The number of rotatable bonds is 3. The third kappa shape index (κ3) is 2.53. The molecule has 0 aromatic heterocycles. The number of benzene rings is 2. The van der Waals surface area contributed by atoms with Gasteiger partial charge in [0.2, 0.25) is 0 Å². The second-order valence-electron chi connectivity index (χ2n) is 8.01. The number of halogens is 1. The molecule has 0 bridgehead atoms. The van der Waals surface area contributed by atoms with Crippen molar-refractivity contribution in [2.24, 2.45) is 11.3 Å². The van der Waals surface area contributed by atoms with Crippen LogP contribution in [-0.4, -0.2) is 17.9 Å². The van der Waals surface area contributed by atoms with Crippen molar-refractivity contribution in [2.75, 3.05) is 4.90 Å². The number of fused-ring (bicyclic) bond motifs is 3. The minimum Gasteiger partial charge on any atom is -0.351 e. The van der Waals surface area contributed by atoms with Crippen LogP contribution in [0.5, 0.6) is 0 Å². The lowest BCUT2D eigenvalue weighted by Crippen LogP contribution is -2.44. The van der Waals surface area contributed by atoms with Gasteiger partial charge in [0.25, 0.3) is 0 Å². The van der Waals surface area contributed by atoms with Crippen LogP contribution >= 0.6 is 11.6 Å². The molecule has 5 heteroatoms. The van der Waals surface area contributed by atoms with Crippen molar-refractivity contribution in [1.29, 1.82) is 10.5 Å². The van der Waals surface area contributed by atoms with Crippen molar-refractivity contribution in [3.8, 4) is 12.1 Å². The van der Waals surface area contributed by atoms with Crippen molar-refractivity contribution < 1.29 is 4.79 Å². The molecule has 2 heterocycles. The molecule has 2 fully saturated rings. The number of carbonyl (C=O) groups is 1. The standard InChI is InChI=1S/C24H18ClN3O/c25-18-10-7-16(8-11-18)21-22(23(29)17-5-6-17)28-19-4-2-1-3-15(19)9-12-20(28)24(21,13-26)14-27/h1-4,7-12,17,20-22H,5-6H2/t20-,21+,22-/m0/s1. The van der Waals surface area contributed by atoms with E-state index >= 15 is 0 Å². The molecule has 0 radical (unpaired) electrons. The summed E-state index contributed by atoms with van der Waals surface area (Å²) < 4.78 is 0. The quantitative estimate of drug-likeness (QED) is 0.748. The van der Waals surface area contributed by atoms with E-state index in [0.717, 1.165) is 29.7 Å².